The highest BCUT2D eigenvalue weighted by atomic mass is 32.2. The molecule has 5 heteroatoms. The van der Waals surface area contributed by atoms with E-state index in [0.717, 1.165) is 30.6 Å². The van der Waals surface area contributed by atoms with Crippen LogP contribution >= 0.6 is 11.8 Å². The summed E-state index contributed by atoms with van der Waals surface area (Å²) in [5, 5.41) is 0. The molecule has 0 bridgehead atoms. The van der Waals surface area contributed by atoms with Gasteiger partial charge in [-0.25, -0.2) is 0 Å². The van der Waals surface area contributed by atoms with Gasteiger partial charge in [-0.3, -0.25) is 9.59 Å². The number of allylic oxidation sites excluding steroid dienone is 3. The number of unbranched alkanes of at least 4 members (excludes halogenated alkanes) is 3. The number of nitrogens with one attached hydrogen (secondary N) is 1. The predicted octanol–water partition coefficient (Wildman–Crippen LogP) is 5.21. The molecule has 0 fully saturated rings. The summed E-state index contributed by atoms with van der Waals surface area (Å²) >= 11 is 1.70. The molecule has 2 rings (SSSR count). The van der Waals surface area contributed by atoms with Gasteiger partial charge in [-0.15, -0.1) is 5.48 Å². The molecule has 2 atom stereocenters. The third kappa shape index (κ3) is 7.73. The van der Waals surface area contributed by atoms with Crippen molar-refractivity contribution >= 4 is 23.5 Å². The zero-order chi connectivity index (χ0) is 19.5. The van der Waals surface area contributed by atoms with Gasteiger partial charge in [0.1, 0.15) is 6.04 Å². The molecule has 0 saturated heterocycles. The van der Waals surface area contributed by atoms with Gasteiger partial charge in [-0.2, -0.15) is 0 Å². The van der Waals surface area contributed by atoms with Crippen molar-refractivity contribution in [2.45, 2.75) is 63.3 Å². The lowest BCUT2D eigenvalue weighted by atomic mass is 9.90. The average Bonchev–Trinajstić information content (AvgIpc) is 2.68. The Hall–Kier alpha value is -1.85. The van der Waals surface area contributed by atoms with Crippen LogP contribution in [0.15, 0.2) is 58.4 Å². The van der Waals surface area contributed by atoms with E-state index >= 15 is 0 Å². The molecule has 0 radical (unpaired) electrons. The highest BCUT2D eigenvalue weighted by Crippen LogP contribution is 2.31. The van der Waals surface area contributed by atoms with Crippen LogP contribution in [0.5, 0.6) is 0 Å². The maximum Gasteiger partial charge on any atom is 0.321 e. The number of benzene rings is 1. The largest absolute Gasteiger partial charge is 0.370 e. The molecule has 0 aliphatic heterocycles. The maximum absolute atomic E-state index is 12.9. The van der Waals surface area contributed by atoms with Crippen LogP contribution in [-0.2, 0) is 14.4 Å². The normalized spacial score (nSPS) is 17.3. The molecule has 1 aliphatic carbocycles. The van der Waals surface area contributed by atoms with Gasteiger partial charge in [-0.1, -0.05) is 80.8 Å². The molecular weight excluding hydrogens is 358 g/mol. The third-order valence-electron chi connectivity index (χ3n) is 4.44. The zero-order valence-corrected chi connectivity index (χ0v) is 17.0. The Morgan fingerprint density at radius 3 is 2.63 bits per heavy atom. The number of ketones is 1. The summed E-state index contributed by atoms with van der Waals surface area (Å²) in [7, 11) is 0. The van der Waals surface area contributed by atoms with Gasteiger partial charge >= 0.3 is 5.97 Å². The SMILES string of the molecule is CCCCCCC(NOC(C)=O)C(=O)C1C=CC(Sc2ccccc2)=CC1. The van der Waals surface area contributed by atoms with E-state index < -0.39 is 12.0 Å². The fourth-order valence-corrected chi connectivity index (χ4v) is 3.85. The Morgan fingerprint density at radius 2 is 2.00 bits per heavy atom. The van der Waals surface area contributed by atoms with Crippen LogP contribution in [0, 0.1) is 5.92 Å². The number of carbonyl (C=O) groups is 2. The lowest BCUT2D eigenvalue weighted by Crippen LogP contribution is -2.41. The van der Waals surface area contributed by atoms with Crippen molar-refractivity contribution in [3.63, 3.8) is 0 Å². The van der Waals surface area contributed by atoms with Crippen LogP contribution < -0.4 is 5.48 Å². The molecule has 2 unspecified atom stereocenters. The molecule has 1 aromatic carbocycles. The lowest BCUT2D eigenvalue weighted by Gasteiger charge is -2.22. The van der Waals surface area contributed by atoms with Crippen LogP contribution in [0.3, 0.4) is 0 Å². The van der Waals surface area contributed by atoms with E-state index in [1.165, 1.54) is 11.8 Å². The molecule has 0 heterocycles. The van der Waals surface area contributed by atoms with E-state index in [2.05, 4.69) is 30.6 Å². The number of Topliss-reactive ketones (excluding diaryl/α,β-unsaturated/α-hetero) is 1. The Bertz CT molecular complexity index is 669. The summed E-state index contributed by atoms with van der Waals surface area (Å²) in [5.74, 6) is -0.518. The van der Waals surface area contributed by atoms with Crippen molar-refractivity contribution in [2.75, 3.05) is 0 Å². The Labute approximate surface area is 166 Å². The Kier molecular flexibility index (Phi) is 9.36. The molecule has 27 heavy (non-hydrogen) atoms. The van der Waals surface area contributed by atoms with Crippen LogP contribution in [-0.4, -0.2) is 17.8 Å². The number of hydroxylamine groups is 1. The van der Waals surface area contributed by atoms with E-state index in [1.54, 1.807) is 11.8 Å². The number of carbonyl (C=O) groups excluding carboxylic acids is 2. The summed E-state index contributed by atoms with van der Waals surface area (Å²) in [6.45, 7) is 3.49. The first-order valence-electron chi connectivity index (χ1n) is 9.68. The molecule has 0 amide bonds. The number of hydrogen-bond donors (Lipinski definition) is 1. The lowest BCUT2D eigenvalue weighted by molar-refractivity contribution is -0.152. The van der Waals surface area contributed by atoms with Crippen molar-refractivity contribution in [1.29, 1.82) is 0 Å². The first kappa shape index (κ1) is 21.5. The van der Waals surface area contributed by atoms with Gasteiger partial charge in [0, 0.05) is 22.6 Å². The summed E-state index contributed by atoms with van der Waals surface area (Å²) in [5.41, 5.74) is 2.69. The highest BCUT2D eigenvalue weighted by Gasteiger charge is 2.26. The summed E-state index contributed by atoms with van der Waals surface area (Å²) in [4.78, 5) is 31.3. The minimum absolute atomic E-state index is 0.0870. The summed E-state index contributed by atoms with van der Waals surface area (Å²) in [6.07, 6.45) is 11.8. The van der Waals surface area contributed by atoms with Gasteiger partial charge in [-0.05, 0) is 25.0 Å². The minimum Gasteiger partial charge on any atom is -0.370 e. The minimum atomic E-state index is -0.447. The molecule has 0 spiro atoms. The number of hydrogen-bond acceptors (Lipinski definition) is 5. The van der Waals surface area contributed by atoms with Crippen LogP contribution in [0.4, 0.5) is 0 Å². The first-order chi connectivity index (χ1) is 13.1. The van der Waals surface area contributed by atoms with E-state index in [4.69, 9.17) is 4.84 Å². The molecule has 0 aromatic heterocycles. The van der Waals surface area contributed by atoms with Crippen molar-refractivity contribution in [3.05, 3.63) is 53.5 Å². The Balaban J connectivity index is 1.90. The fourth-order valence-electron chi connectivity index (χ4n) is 2.96. The molecule has 4 nitrogen and oxygen atoms in total. The molecule has 1 aliphatic rings. The van der Waals surface area contributed by atoms with E-state index in [9.17, 15) is 9.59 Å². The number of thioether (sulfide) groups is 1. The van der Waals surface area contributed by atoms with E-state index in [-0.39, 0.29) is 11.7 Å². The van der Waals surface area contributed by atoms with Gasteiger partial charge in [0.2, 0.25) is 0 Å². The Morgan fingerprint density at radius 1 is 1.22 bits per heavy atom. The summed E-state index contributed by atoms with van der Waals surface area (Å²) in [6, 6.07) is 9.74. The zero-order valence-electron chi connectivity index (χ0n) is 16.1. The monoisotopic (exact) mass is 387 g/mol. The van der Waals surface area contributed by atoms with Gasteiger partial charge in [0.05, 0.1) is 0 Å². The molecule has 0 saturated carbocycles. The first-order valence-corrected chi connectivity index (χ1v) is 10.5. The second-order valence-electron chi connectivity index (χ2n) is 6.74. The van der Waals surface area contributed by atoms with Crippen LogP contribution in [0.2, 0.25) is 0 Å². The second kappa shape index (κ2) is 11.8. The quantitative estimate of drug-likeness (QED) is 0.417. The number of rotatable bonds is 11. The molecular formula is C22H29NO3S. The van der Waals surface area contributed by atoms with Crippen LogP contribution in [0.25, 0.3) is 0 Å². The summed E-state index contributed by atoms with van der Waals surface area (Å²) < 4.78 is 0. The maximum atomic E-state index is 12.9. The van der Waals surface area contributed by atoms with Crippen molar-refractivity contribution < 1.29 is 14.4 Å². The van der Waals surface area contributed by atoms with Gasteiger partial charge in [0.25, 0.3) is 0 Å². The molecule has 1 N–H and O–H groups in total. The van der Waals surface area contributed by atoms with E-state index in [0.29, 0.717) is 12.8 Å². The third-order valence-corrected chi connectivity index (χ3v) is 5.49. The topological polar surface area (TPSA) is 55.4 Å². The average molecular weight is 388 g/mol. The van der Waals surface area contributed by atoms with Crippen molar-refractivity contribution in [3.8, 4) is 0 Å². The van der Waals surface area contributed by atoms with Crippen molar-refractivity contribution in [1.82, 2.24) is 5.48 Å². The highest BCUT2D eigenvalue weighted by molar-refractivity contribution is 8.03. The fraction of sp³-hybridized carbons (Fsp3) is 0.455. The van der Waals surface area contributed by atoms with Gasteiger partial charge in [0.15, 0.2) is 5.78 Å². The van der Waals surface area contributed by atoms with Gasteiger partial charge < -0.3 is 4.84 Å². The van der Waals surface area contributed by atoms with Crippen molar-refractivity contribution in [2.24, 2.45) is 5.92 Å². The molecule has 146 valence electrons. The standard InChI is InChI=1S/C22H29NO3S/c1-3-4-5-9-12-21(23-26-17(2)24)22(25)18-13-15-20(16-14-18)27-19-10-7-6-8-11-19/h6-8,10-11,13,15-16,18,21,23H,3-5,9,12,14H2,1-2H3. The predicted molar refractivity (Wildman–Crippen MR) is 110 cm³/mol. The van der Waals surface area contributed by atoms with Crippen LogP contribution in [0.1, 0.15) is 52.4 Å². The smallest absolute Gasteiger partial charge is 0.321 e. The van der Waals surface area contributed by atoms with E-state index in [1.807, 2.05) is 30.4 Å². The molecule has 1 aromatic rings. The second-order valence-corrected chi connectivity index (χ2v) is 7.89.